The fourth-order valence-electron chi connectivity index (χ4n) is 1.07. The van der Waals surface area contributed by atoms with Gasteiger partial charge in [0, 0.05) is 5.56 Å². The van der Waals surface area contributed by atoms with Gasteiger partial charge in [0.15, 0.2) is 0 Å². The second-order valence-corrected chi connectivity index (χ2v) is 3.39. The van der Waals surface area contributed by atoms with Gasteiger partial charge in [0.05, 0.1) is 6.54 Å². The van der Waals surface area contributed by atoms with Crippen molar-refractivity contribution in [1.82, 2.24) is 5.32 Å². The maximum Gasteiger partial charge on any atom is 0.290 e. The molecule has 16 heavy (non-hydrogen) atoms. The van der Waals surface area contributed by atoms with Gasteiger partial charge in [-0.15, -0.1) is 11.6 Å². The summed E-state index contributed by atoms with van der Waals surface area (Å²) < 4.78 is 39.5. The molecule has 2 nitrogen and oxygen atoms in total. The zero-order valence-corrected chi connectivity index (χ0v) is 8.90. The Morgan fingerprint density at radius 2 is 2.12 bits per heavy atom. The number of carbonyl (C=O) groups excluding carboxylic acids is 1. The minimum absolute atomic E-state index is 0.390. The van der Waals surface area contributed by atoms with E-state index in [0.29, 0.717) is 0 Å². The van der Waals surface area contributed by atoms with Gasteiger partial charge in [0.2, 0.25) is 5.91 Å². The first-order chi connectivity index (χ1) is 7.45. The first kappa shape index (κ1) is 12.8. The molecule has 0 heterocycles. The van der Waals surface area contributed by atoms with E-state index in [1.807, 2.05) is 5.32 Å². The number of alkyl halides is 3. The highest BCUT2D eigenvalue weighted by atomic mass is 35.5. The Hall–Kier alpha value is -1.23. The van der Waals surface area contributed by atoms with Crippen LogP contribution in [0, 0.1) is 5.82 Å². The van der Waals surface area contributed by atoms with Crippen molar-refractivity contribution in [2.24, 2.45) is 0 Å². The van der Waals surface area contributed by atoms with Gasteiger partial charge >= 0.3 is 0 Å². The average Bonchev–Trinajstić information content (AvgIpc) is 2.26. The smallest absolute Gasteiger partial charge is 0.290 e. The summed E-state index contributed by atoms with van der Waals surface area (Å²) in [7, 11) is 0. The quantitative estimate of drug-likeness (QED) is 0.818. The van der Waals surface area contributed by atoms with Crippen LogP contribution >= 0.6 is 11.6 Å². The van der Waals surface area contributed by atoms with Crippen molar-refractivity contribution < 1.29 is 18.0 Å². The Kier molecular flexibility index (Phi) is 4.18. The molecule has 0 unspecified atom stereocenters. The van der Waals surface area contributed by atoms with Gasteiger partial charge in [-0.2, -0.15) is 8.78 Å². The zero-order valence-electron chi connectivity index (χ0n) is 8.14. The Balaban J connectivity index is 2.73. The molecule has 0 spiro atoms. The van der Waals surface area contributed by atoms with Crippen molar-refractivity contribution in [3.05, 3.63) is 35.6 Å². The van der Waals surface area contributed by atoms with Gasteiger partial charge in [0.1, 0.15) is 11.7 Å². The summed E-state index contributed by atoms with van der Waals surface area (Å²) in [5.41, 5.74) is -0.484. The number of halogens is 4. The second-order valence-electron chi connectivity index (χ2n) is 3.13. The van der Waals surface area contributed by atoms with E-state index in [1.165, 1.54) is 6.07 Å². The Morgan fingerprint density at radius 1 is 1.44 bits per heavy atom. The van der Waals surface area contributed by atoms with Crippen LogP contribution in [0.15, 0.2) is 24.3 Å². The predicted molar refractivity (Wildman–Crippen MR) is 54.0 cm³/mol. The molecular formula is C10H9ClF3NO. The van der Waals surface area contributed by atoms with Gasteiger partial charge in [-0.25, -0.2) is 4.39 Å². The summed E-state index contributed by atoms with van der Waals surface area (Å²) in [6.45, 7) is -0.901. The van der Waals surface area contributed by atoms with E-state index in [4.69, 9.17) is 11.6 Å². The molecule has 0 saturated carbocycles. The highest BCUT2D eigenvalue weighted by Crippen LogP contribution is 2.27. The van der Waals surface area contributed by atoms with Gasteiger partial charge in [-0.05, 0) is 12.1 Å². The lowest BCUT2D eigenvalue weighted by atomic mass is 10.1. The molecule has 1 aromatic rings. The molecule has 1 rings (SSSR count). The van der Waals surface area contributed by atoms with Crippen LogP contribution in [-0.2, 0) is 10.7 Å². The minimum Gasteiger partial charge on any atom is -0.349 e. The van der Waals surface area contributed by atoms with Gasteiger partial charge in [-0.1, -0.05) is 12.1 Å². The first-order valence-electron chi connectivity index (χ1n) is 4.42. The first-order valence-corrected chi connectivity index (χ1v) is 4.95. The van der Waals surface area contributed by atoms with Crippen molar-refractivity contribution in [3.8, 4) is 0 Å². The largest absolute Gasteiger partial charge is 0.349 e. The average molecular weight is 252 g/mol. The monoisotopic (exact) mass is 251 g/mol. The highest BCUT2D eigenvalue weighted by molar-refractivity contribution is 6.27. The lowest BCUT2D eigenvalue weighted by molar-refractivity contribution is -0.120. The predicted octanol–water partition coefficient (Wildman–Crippen LogP) is 2.27. The molecule has 1 N–H and O–H groups in total. The molecule has 0 aliphatic carbocycles. The number of carbonyl (C=O) groups is 1. The minimum atomic E-state index is -3.32. The van der Waals surface area contributed by atoms with Crippen LogP contribution < -0.4 is 5.32 Å². The van der Waals surface area contributed by atoms with Crippen LogP contribution in [-0.4, -0.2) is 18.3 Å². The van der Waals surface area contributed by atoms with E-state index in [-0.39, 0.29) is 5.88 Å². The number of hydrogen-bond acceptors (Lipinski definition) is 1. The van der Waals surface area contributed by atoms with Gasteiger partial charge < -0.3 is 5.32 Å². The van der Waals surface area contributed by atoms with Crippen LogP contribution in [0.4, 0.5) is 13.2 Å². The number of amides is 1. The number of benzene rings is 1. The summed E-state index contributed by atoms with van der Waals surface area (Å²) in [5.74, 6) is -5.15. The van der Waals surface area contributed by atoms with Crippen LogP contribution in [0.3, 0.4) is 0 Å². The summed E-state index contributed by atoms with van der Waals surface area (Å²) in [5, 5.41) is 1.95. The molecule has 0 saturated heterocycles. The van der Waals surface area contributed by atoms with Crippen molar-refractivity contribution in [2.75, 3.05) is 12.4 Å². The molecule has 1 amide bonds. The van der Waals surface area contributed by atoms with E-state index in [2.05, 4.69) is 0 Å². The van der Waals surface area contributed by atoms with Gasteiger partial charge in [0.25, 0.3) is 5.92 Å². The number of hydrogen-bond donors (Lipinski definition) is 1. The topological polar surface area (TPSA) is 29.1 Å². The fourth-order valence-corrected chi connectivity index (χ4v) is 1.17. The molecule has 0 bridgehead atoms. The Labute approximate surface area is 95.4 Å². The summed E-state index contributed by atoms with van der Waals surface area (Å²) in [6.07, 6.45) is 0. The molecule has 0 aliphatic rings. The number of rotatable bonds is 4. The summed E-state index contributed by atoms with van der Waals surface area (Å²) in [4.78, 5) is 10.7. The third-order valence-electron chi connectivity index (χ3n) is 1.88. The van der Waals surface area contributed by atoms with Crippen LogP contribution in [0.5, 0.6) is 0 Å². The molecule has 0 aliphatic heterocycles. The lowest BCUT2D eigenvalue weighted by Crippen LogP contribution is -2.35. The normalized spacial score (nSPS) is 11.2. The molecule has 0 aromatic heterocycles. The summed E-state index contributed by atoms with van der Waals surface area (Å²) in [6, 6.07) is 4.07. The Morgan fingerprint density at radius 3 is 2.69 bits per heavy atom. The van der Waals surface area contributed by atoms with Crippen molar-refractivity contribution in [3.63, 3.8) is 0 Å². The van der Waals surface area contributed by atoms with E-state index < -0.39 is 29.8 Å². The molecule has 0 fully saturated rings. The molecule has 0 radical (unpaired) electrons. The van der Waals surface area contributed by atoms with Crippen molar-refractivity contribution in [2.45, 2.75) is 5.92 Å². The summed E-state index contributed by atoms with van der Waals surface area (Å²) >= 11 is 5.14. The van der Waals surface area contributed by atoms with E-state index in [9.17, 15) is 18.0 Å². The van der Waals surface area contributed by atoms with Crippen molar-refractivity contribution >= 4 is 17.5 Å². The van der Waals surface area contributed by atoms with Crippen LogP contribution in [0.2, 0.25) is 0 Å². The molecule has 0 atom stereocenters. The number of nitrogens with one attached hydrogen (secondary N) is 1. The highest BCUT2D eigenvalue weighted by Gasteiger charge is 2.32. The van der Waals surface area contributed by atoms with Crippen LogP contribution in [0.1, 0.15) is 5.56 Å². The Bertz CT molecular complexity index is 384. The SMILES string of the molecule is O=C(CCl)NCC(F)(F)c1cccc(F)c1. The maximum atomic E-state index is 13.4. The van der Waals surface area contributed by atoms with E-state index in [1.54, 1.807) is 0 Å². The van der Waals surface area contributed by atoms with Gasteiger partial charge in [-0.3, -0.25) is 4.79 Å². The fraction of sp³-hybridized carbons (Fsp3) is 0.300. The lowest BCUT2D eigenvalue weighted by Gasteiger charge is -2.17. The molecule has 1 aromatic carbocycles. The zero-order chi connectivity index (χ0) is 12.2. The molecular weight excluding hydrogens is 243 g/mol. The van der Waals surface area contributed by atoms with E-state index >= 15 is 0 Å². The molecule has 88 valence electrons. The second kappa shape index (κ2) is 5.21. The third-order valence-corrected chi connectivity index (χ3v) is 2.12. The maximum absolute atomic E-state index is 13.4. The standard InChI is InChI=1S/C10H9ClF3NO/c11-5-9(16)15-6-10(13,14)7-2-1-3-8(12)4-7/h1-4H,5-6H2,(H,15,16). The van der Waals surface area contributed by atoms with E-state index in [0.717, 1.165) is 18.2 Å². The molecule has 6 heteroatoms. The van der Waals surface area contributed by atoms with Crippen molar-refractivity contribution in [1.29, 1.82) is 0 Å². The third kappa shape index (κ3) is 3.41. The van der Waals surface area contributed by atoms with Crippen LogP contribution in [0.25, 0.3) is 0 Å².